The highest BCUT2D eigenvalue weighted by Crippen LogP contribution is 2.38. The van der Waals surface area contributed by atoms with Gasteiger partial charge in [0.25, 0.3) is 0 Å². The monoisotopic (exact) mass is 542 g/mol. The Hall–Kier alpha value is -2.69. The maximum Gasteiger partial charge on any atom is 0.494 e. The SMILES string of the molecule is CCC.CCC1CCC(c2ncc(-c3ccc(B4OC(C)(C)C(C)(C)O4)cc3)[nH]2)N1C(=O)CNC=O.COC. The van der Waals surface area contributed by atoms with E-state index in [1.807, 2.05) is 63.1 Å². The highest BCUT2D eigenvalue weighted by atomic mass is 16.7. The van der Waals surface area contributed by atoms with Gasteiger partial charge in [-0.3, -0.25) is 9.59 Å². The van der Waals surface area contributed by atoms with Gasteiger partial charge in [-0.05, 0) is 58.0 Å². The molecule has 0 saturated carbocycles. The first-order valence-electron chi connectivity index (χ1n) is 13.9. The Bertz CT molecular complexity index is 1020. The number of hydrogen-bond acceptors (Lipinski definition) is 6. The molecule has 4 rings (SSSR count). The van der Waals surface area contributed by atoms with Gasteiger partial charge in [-0.2, -0.15) is 0 Å². The first kappa shape index (κ1) is 32.5. The maximum absolute atomic E-state index is 12.7. The molecule has 2 aromatic rings. The minimum Gasteiger partial charge on any atom is -0.399 e. The van der Waals surface area contributed by atoms with Crippen LogP contribution in [0.1, 0.15) is 86.0 Å². The van der Waals surface area contributed by atoms with Gasteiger partial charge in [0.1, 0.15) is 5.82 Å². The van der Waals surface area contributed by atoms with Gasteiger partial charge in [-0.15, -0.1) is 0 Å². The van der Waals surface area contributed by atoms with Crippen LogP contribution in [0.4, 0.5) is 0 Å². The number of methoxy groups -OCH3 is 1. The zero-order valence-electron chi connectivity index (χ0n) is 25.2. The summed E-state index contributed by atoms with van der Waals surface area (Å²) in [5.41, 5.74) is 2.11. The van der Waals surface area contributed by atoms with Crippen molar-refractivity contribution in [2.75, 3.05) is 20.8 Å². The van der Waals surface area contributed by atoms with Crippen LogP contribution in [0.5, 0.6) is 0 Å². The van der Waals surface area contributed by atoms with E-state index in [1.54, 1.807) is 14.2 Å². The van der Waals surface area contributed by atoms with Gasteiger partial charge in [0.05, 0.1) is 35.7 Å². The van der Waals surface area contributed by atoms with Gasteiger partial charge < -0.3 is 29.2 Å². The Morgan fingerprint density at radius 2 is 1.69 bits per heavy atom. The molecular formula is C29H47BN4O5. The number of nitrogens with zero attached hydrogens (tertiary/aromatic N) is 2. The van der Waals surface area contributed by atoms with Crippen molar-refractivity contribution < 1.29 is 23.6 Å². The van der Waals surface area contributed by atoms with Gasteiger partial charge in [0.2, 0.25) is 12.3 Å². The minimum absolute atomic E-state index is 0.00441. The fourth-order valence-corrected chi connectivity index (χ4v) is 4.60. The fraction of sp³-hybridized carbons (Fsp3) is 0.621. The molecule has 0 bridgehead atoms. The molecule has 0 spiro atoms. The quantitative estimate of drug-likeness (QED) is 0.401. The van der Waals surface area contributed by atoms with E-state index < -0.39 is 7.12 Å². The number of H-pyrrole nitrogens is 1. The van der Waals surface area contributed by atoms with Crippen molar-refractivity contribution in [3.8, 4) is 11.3 Å². The number of rotatable bonds is 7. The molecule has 2 N–H and O–H groups in total. The summed E-state index contributed by atoms with van der Waals surface area (Å²) in [6.07, 6.45) is 6.26. The Morgan fingerprint density at radius 1 is 1.13 bits per heavy atom. The summed E-state index contributed by atoms with van der Waals surface area (Å²) in [6, 6.07) is 8.12. The maximum atomic E-state index is 12.7. The first-order valence-corrected chi connectivity index (χ1v) is 13.9. The van der Waals surface area contributed by atoms with Crippen molar-refractivity contribution in [2.24, 2.45) is 0 Å². The average molecular weight is 543 g/mol. The zero-order valence-corrected chi connectivity index (χ0v) is 25.2. The third-order valence-electron chi connectivity index (χ3n) is 7.26. The van der Waals surface area contributed by atoms with E-state index in [-0.39, 0.29) is 35.7 Å². The molecule has 216 valence electrons. The lowest BCUT2D eigenvalue weighted by molar-refractivity contribution is -0.134. The molecule has 0 aliphatic carbocycles. The summed E-state index contributed by atoms with van der Waals surface area (Å²) in [6.45, 7) is 14.5. The van der Waals surface area contributed by atoms with E-state index in [0.717, 1.165) is 41.8 Å². The van der Waals surface area contributed by atoms with Crippen molar-refractivity contribution in [1.29, 1.82) is 0 Å². The van der Waals surface area contributed by atoms with Crippen LogP contribution in [0.15, 0.2) is 30.5 Å². The lowest BCUT2D eigenvalue weighted by Crippen LogP contribution is -2.42. The highest BCUT2D eigenvalue weighted by Gasteiger charge is 2.51. The lowest BCUT2D eigenvalue weighted by Gasteiger charge is -2.32. The number of aromatic amines is 1. The van der Waals surface area contributed by atoms with E-state index >= 15 is 0 Å². The van der Waals surface area contributed by atoms with Crippen LogP contribution in [0.25, 0.3) is 11.3 Å². The van der Waals surface area contributed by atoms with Gasteiger partial charge >= 0.3 is 7.12 Å². The van der Waals surface area contributed by atoms with Crippen LogP contribution in [0, 0.1) is 0 Å². The molecule has 9 nitrogen and oxygen atoms in total. The highest BCUT2D eigenvalue weighted by molar-refractivity contribution is 6.62. The van der Waals surface area contributed by atoms with Crippen LogP contribution < -0.4 is 10.8 Å². The Morgan fingerprint density at radius 3 is 2.21 bits per heavy atom. The van der Waals surface area contributed by atoms with E-state index in [0.29, 0.717) is 6.41 Å². The summed E-state index contributed by atoms with van der Waals surface area (Å²) in [7, 11) is 2.85. The second-order valence-electron chi connectivity index (χ2n) is 11.0. The molecule has 2 unspecified atom stereocenters. The third-order valence-corrected chi connectivity index (χ3v) is 7.26. The second kappa shape index (κ2) is 14.6. The third kappa shape index (κ3) is 7.93. The number of amides is 2. The molecule has 2 aliphatic rings. The number of carbonyl (C=O) groups is 2. The normalized spacial score (nSPS) is 20.9. The van der Waals surface area contributed by atoms with E-state index in [4.69, 9.17) is 9.31 Å². The number of aromatic nitrogens is 2. The van der Waals surface area contributed by atoms with Gasteiger partial charge in [-0.25, -0.2) is 4.98 Å². The molecule has 2 fully saturated rings. The smallest absolute Gasteiger partial charge is 0.399 e. The van der Waals surface area contributed by atoms with E-state index in [2.05, 4.69) is 40.8 Å². The molecule has 3 heterocycles. The molecule has 2 atom stereocenters. The average Bonchev–Trinajstić information content (AvgIpc) is 3.59. The summed E-state index contributed by atoms with van der Waals surface area (Å²) < 4.78 is 16.5. The molecule has 2 saturated heterocycles. The summed E-state index contributed by atoms with van der Waals surface area (Å²) in [5.74, 6) is 0.691. The number of benzene rings is 1. The molecule has 1 aromatic carbocycles. The Kier molecular flexibility index (Phi) is 12.2. The number of nitrogens with one attached hydrogen (secondary N) is 2. The van der Waals surface area contributed by atoms with Crippen LogP contribution in [0.3, 0.4) is 0 Å². The summed E-state index contributed by atoms with van der Waals surface area (Å²) >= 11 is 0. The van der Waals surface area contributed by atoms with E-state index in [1.165, 1.54) is 6.42 Å². The topological polar surface area (TPSA) is 106 Å². The fourth-order valence-electron chi connectivity index (χ4n) is 4.60. The number of hydrogen-bond donors (Lipinski definition) is 2. The molecule has 39 heavy (non-hydrogen) atoms. The van der Waals surface area contributed by atoms with Gasteiger partial charge in [-0.1, -0.05) is 51.5 Å². The van der Waals surface area contributed by atoms with Crippen molar-refractivity contribution in [1.82, 2.24) is 20.2 Å². The molecular weight excluding hydrogens is 495 g/mol. The van der Waals surface area contributed by atoms with Crippen LogP contribution >= 0.6 is 0 Å². The minimum atomic E-state index is -0.398. The summed E-state index contributed by atoms with van der Waals surface area (Å²) in [5, 5.41) is 2.49. The molecule has 2 amide bonds. The molecule has 2 aliphatic heterocycles. The number of likely N-dealkylation sites (tertiary alicyclic amines) is 1. The number of imidazole rings is 1. The molecule has 10 heteroatoms. The standard InChI is InChI=1S/C24H33BN4O4.C3H8.C2H6O/c1-6-18-11-12-20(29(18)21(31)14-26-15-30)22-27-13-19(28-22)16-7-9-17(10-8-16)25-32-23(2,3)24(4,5)33-25;2*1-3-2/h7-10,13,15,18,20H,6,11-12,14H2,1-5H3,(H,26,30)(H,27,28);3H2,1-2H3;1-2H3. The number of carbonyl (C=O) groups excluding carboxylic acids is 2. The van der Waals surface area contributed by atoms with Crippen molar-refractivity contribution >= 4 is 24.9 Å². The Labute approximate surface area is 234 Å². The van der Waals surface area contributed by atoms with Crippen molar-refractivity contribution in [3.63, 3.8) is 0 Å². The van der Waals surface area contributed by atoms with Crippen LogP contribution in [-0.2, 0) is 23.6 Å². The van der Waals surface area contributed by atoms with Gasteiger partial charge in [0, 0.05) is 20.3 Å². The van der Waals surface area contributed by atoms with Crippen molar-refractivity contribution in [2.45, 2.75) is 97.4 Å². The molecule has 0 radical (unpaired) electrons. The molecule has 1 aromatic heterocycles. The lowest BCUT2D eigenvalue weighted by atomic mass is 9.79. The largest absolute Gasteiger partial charge is 0.494 e. The van der Waals surface area contributed by atoms with Gasteiger partial charge in [0.15, 0.2) is 0 Å². The Balaban J connectivity index is 0.000000815. The van der Waals surface area contributed by atoms with Crippen LogP contribution in [0.2, 0.25) is 0 Å². The van der Waals surface area contributed by atoms with Crippen LogP contribution in [-0.4, -0.2) is 72.3 Å². The number of ether oxygens (including phenoxy) is 1. The second-order valence-corrected chi connectivity index (χ2v) is 11.0. The first-order chi connectivity index (χ1) is 18.5. The van der Waals surface area contributed by atoms with Crippen molar-refractivity contribution in [3.05, 3.63) is 36.3 Å². The predicted molar refractivity (Wildman–Crippen MR) is 156 cm³/mol. The van der Waals surface area contributed by atoms with E-state index in [9.17, 15) is 9.59 Å². The summed E-state index contributed by atoms with van der Waals surface area (Å²) in [4.78, 5) is 33.3. The predicted octanol–water partition coefficient (Wildman–Crippen LogP) is 4.24. The zero-order chi connectivity index (χ0) is 29.2.